The summed E-state index contributed by atoms with van der Waals surface area (Å²) in [6.45, 7) is 3.01. The molecule has 0 atom stereocenters. The van der Waals surface area contributed by atoms with Crippen molar-refractivity contribution >= 4 is 15.7 Å². The van der Waals surface area contributed by atoms with Gasteiger partial charge in [0.05, 0.1) is 11.5 Å². The molecule has 6 nitrogen and oxygen atoms in total. The Hall–Kier alpha value is -1.60. The highest BCUT2D eigenvalue weighted by Gasteiger charge is 2.35. The number of amides is 1. The number of likely N-dealkylation sites (tertiary alicyclic amines) is 1. The Morgan fingerprint density at radius 1 is 0.926 bits per heavy atom. The molecule has 2 aliphatic heterocycles. The third-order valence-electron chi connectivity index (χ3n) is 6.01. The van der Waals surface area contributed by atoms with Crippen molar-refractivity contribution in [2.75, 3.05) is 37.7 Å². The summed E-state index contributed by atoms with van der Waals surface area (Å²) in [7, 11) is -2.98. The van der Waals surface area contributed by atoms with E-state index in [2.05, 4.69) is 4.90 Å². The number of hydrogen-bond donors (Lipinski definition) is 0. The van der Waals surface area contributed by atoms with Crippen LogP contribution in [0.2, 0.25) is 0 Å². The number of rotatable bonds is 4. The van der Waals surface area contributed by atoms with Crippen LogP contribution < -0.4 is 4.74 Å². The van der Waals surface area contributed by atoms with Gasteiger partial charge in [0.2, 0.25) is 0 Å². The molecular formula is C20H28N2O4S. The number of piperidine rings is 1. The normalized spacial score (nSPS) is 28.4. The molecule has 1 aromatic carbocycles. The SMILES string of the molecule is O=C(c1ccc(OC2CC(N3CCCCC3)C2)cc1)N1CCS(=O)(=O)CC1. The summed E-state index contributed by atoms with van der Waals surface area (Å²) < 4.78 is 29.1. The molecule has 2 saturated heterocycles. The molecular weight excluding hydrogens is 364 g/mol. The van der Waals surface area contributed by atoms with Gasteiger partial charge in [-0.25, -0.2) is 8.42 Å². The van der Waals surface area contributed by atoms with Gasteiger partial charge in [-0.1, -0.05) is 6.42 Å². The summed E-state index contributed by atoms with van der Waals surface area (Å²) in [6.07, 6.45) is 6.44. The van der Waals surface area contributed by atoms with Gasteiger partial charge in [0, 0.05) is 37.5 Å². The summed E-state index contributed by atoms with van der Waals surface area (Å²) in [5, 5.41) is 0. The van der Waals surface area contributed by atoms with Crippen LogP contribution in [-0.2, 0) is 9.84 Å². The number of hydrogen-bond acceptors (Lipinski definition) is 5. The van der Waals surface area contributed by atoms with Crippen LogP contribution >= 0.6 is 0 Å². The van der Waals surface area contributed by atoms with Crippen LogP contribution in [0.1, 0.15) is 42.5 Å². The molecule has 3 aliphatic rings. The summed E-state index contributed by atoms with van der Waals surface area (Å²) in [5.74, 6) is 0.805. The molecule has 1 amide bonds. The molecule has 27 heavy (non-hydrogen) atoms. The highest BCUT2D eigenvalue weighted by molar-refractivity contribution is 7.91. The topological polar surface area (TPSA) is 66.9 Å². The number of carbonyl (C=O) groups excluding carboxylic acids is 1. The second kappa shape index (κ2) is 7.80. The van der Waals surface area contributed by atoms with Crippen molar-refractivity contribution in [1.29, 1.82) is 0 Å². The van der Waals surface area contributed by atoms with Crippen molar-refractivity contribution in [3.63, 3.8) is 0 Å². The second-order valence-corrected chi connectivity index (χ2v) is 10.2. The number of ether oxygens (including phenoxy) is 1. The van der Waals surface area contributed by atoms with E-state index >= 15 is 0 Å². The van der Waals surface area contributed by atoms with Crippen molar-refractivity contribution in [3.8, 4) is 5.75 Å². The van der Waals surface area contributed by atoms with Crippen molar-refractivity contribution in [3.05, 3.63) is 29.8 Å². The van der Waals surface area contributed by atoms with Crippen molar-refractivity contribution in [1.82, 2.24) is 9.80 Å². The maximum absolute atomic E-state index is 12.5. The monoisotopic (exact) mass is 392 g/mol. The number of carbonyl (C=O) groups is 1. The predicted molar refractivity (Wildman–Crippen MR) is 104 cm³/mol. The molecule has 0 bridgehead atoms. The molecule has 0 spiro atoms. The lowest BCUT2D eigenvalue weighted by molar-refractivity contribution is 0.00892. The first kappa shape index (κ1) is 18.7. The van der Waals surface area contributed by atoms with E-state index in [1.54, 1.807) is 17.0 Å². The van der Waals surface area contributed by atoms with Gasteiger partial charge in [-0.05, 0) is 50.2 Å². The van der Waals surface area contributed by atoms with E-state index in [4.69, 9.17) is 4.74 Å². The van der Waals surface area contributed by atoms with Gasteiger partial charge in [0.15, 0.2) is 9.84 Å². The van der Waals surface area contributed by atoms with Gasteiger partial charge >= 0.3 is 0 Å². The molecule has 0 unspecified atom stereocenters. The fraction of sp³-hybridized carbons (Fsp3) is 0.650. The van der Waals surface area contributed by atoms with Gasteiger partial charge in [-0.2, -0.15) is 0 Å². The molecule has 2 heterocycles. The van der Waals surface area contributed by atoms with E-state index < -0.39 is 9.84 Å². The summed E-state index contributed by atoms with van der Waals surface area (Å²) in [6, 6.07) is 7.93. The van der Waals surface area contributed by atoms with Gasteiger partial charge in [-0.15, -0.1) is 0 Å². The van der Waals surface area contributed by atoms with Gasteiger partial charge < -0.3 is 14.5 Å². The maximum atomic E-state index is 12.5. The number of benzene rings is 1. The van der Waals surface area contributed by atoms with E-state index in [1.165, 1.54) is 32.4 Å². The molecule has 0 N–H and O–H groups in total. The highest BCUT2D eigenvalue weighted by atomic mass is 32.2. The Kier molecular flexibility index (Phi) is 5.41. The average Bonchev–Trinajstić information content (AvgIpc) is 2.65. The Balaban J connectivity index is 1.26. The first-order valence-corrected chi connectivity index (χ1v) is 11.8. The van der Waals surface area contributed by atoms with Crippen molar-refractivity contribution in [2.24, 2.45) is 0 Å². The van der Waals surface area contributed by atoms with E-state index in [0.717, 1.165) is 18.6 Å². The largest absolute Gasteiger partial charge is 0.490 e. The molecule has 148 valence electrons. The molecule has 1 aromatic rings. The smallest absolute Gasteiger partial charge is 0.253 e. The number of nitrogens with zero attached hydrogens (tertiary/aromatic N) is 2. The Labute approximate surface area is 161 Å². The minimum absolute atomic E-state index is 0.0554. The highest BCUT2D eigenvalue weighted by Crippen LogP contribution is 2.31. The van der Waals surface area contributed by atoms with Gasteiger partial charge in [0.1, 0.15) is 11.9 Å². The van der Waals surface area contributed by atoms with E-state index in [9.17, 15) is 13.2 Å². The molecule has 3 fully saturated rings. The molecule has 0 radical (unpaired) electrons. The molecule has 4 rings (SSSR count). The van der Waals surface area contributed by atoms with Crippen LogP contribution in [0.5, 0.6) is 5.75 Å². The summed E-state index contributed by atoms with van der Waals surface area (Å²) in [5.41, 5.74) is 0.585. The first-order chi connectivity index (χ1) is 13.0. The molecule has 1 aliphatic carbocycles. The van der Waals surface area contributed by atoms with Gasteiger partial charge in [-0.3, -0.25) is 4.79 Å². The minimum atomic E-state index is -2.98. The van der Waals surface area contributed by atoms with Crippen LogP contribution in [0.25, 0.3) is 0 Å². The first-order valence-electron chi connectivity index (χ1n) is 10.0. The molecule has 0 aromatic heterocycles. The summed E-state index contributed by atoms with van der Waals surface area (Å²) >= 11 is 0. The fourth-order valence-electron chi connectivity index (χ4n) is 4.18. The van der Waals surface area contributed by atoms with Crippen LogP contribution in [0.3, 0.4) is 0 Å². The van der Waals surface area contributed by atoms with E-state index in [-0.39, 0.29) is 36.6 Å². The Morgan fingerprint density at radius 3 is 2.19 bits per heavy atom. The van der Waals surface area contributed by atoms with Crippen LogP contribution in [0.4, 0.5) is 0 Å². The molecule has 7 heteroatoms. The van der Waals surface area contributed by atoms with E-state index in [1.807, 2.05) is 12.1 Å². The number of sulfone groups is 1. The molecule has 1 saturated carbocycles. The maximum Gasteiger partial charge on any atom is 0.253 e. The van der Waals surface area contributed by atoms with Crippen molar-refractivity contribution < 1.29 is 17.9 Å². The third kappa shape index (κ3) is 4.46. The third-order valence-corrected chi connectivity index (χ3v) is 7.62. The zero-order valence-corrected chi connectivity index (χ0v) is 16.5. The standard InChI is InChI=1S/C20H28N2O4S/c23-20(22-10-12-27(24,25)13-11-22)16-4-6-18(7-5-16)26-19-14-17(15-19)21-8-2-1-3-9-21/h4-7,17,19H,1-3,8-15H2. The fourth-order valence-corrected chi connectivity index (χ4v) is 5.38. The average molecular weight is 393 g/mol. The Morgan fingerprint density at radius 2 is 1.56 bits per heavy atom. The predicted octanol–water partition coefficient (Wildman–Crippen LogP) is 1.95. The minimum Gasteiger partial charge on any atom is -0.490 e. The van der Waals surface area contributed by atoms with Crippen LogP contribution in [-0.4, -0.2) is 74.0 Å². The zero-order chi connectivity index (χ0) is 18.9. The Bertz CT molecular complexity index is 752. The van der Waals surface area contributed by atoms with Crippen molar-refractivity contribution in [2.45, 2.75) is 44.2 Å². The lowest BCUT2D eigenvalue weighted by Crippen LogP contribution is -2.50. The lowest BCUT2D eigenvalue weighted by atomic mass is 9.86. The summed E-state index contributed by atoms with van der Waals surface area (Å²) in [4.78, 5) is 16.7. The second-order valence-electron chi connectivity index (χ2n) is 7.93. The van der Waals surface area contributed by atoms with Gasteiger partial charge in [0.25, 0.3) is 5.91 Å². The quantitative estimate of drug-likeness (QED) is 0.784. The van der Waals surface area contributed by atoms with E-state index in [0.29, 0.717) is 11.6 Å². The van der Waals surface area contributed by atoms with Crippen LogP contribution in [0, 0.1) is 0 Å². The van der Waals surface area contributed by atoms with Crippen LogP contribution in [0.15, 0.2) is 24.3 Å². The zero-order valence-electron chi connectivity index (χ0n) is 15.7. The lowest BCUT2D eigenvalue weighted by Gasteiger charge is -2.44.